The molecular formula is C24H30N6O4. The van der Waals surface area contributed by atoms with Crippen LogP contribution in [-0.4, -0.2) is 47.2 Å². The molecule has 10 heteroatoms. The number of aromatic amines is 1. The van der Waals surface area contributed by atoms with Crippen LogP contribution in [0.15, 0.2) is 58.3 Å². The summed E-state index contributed by atoms with van der Waals surface area (Å²) in [4.78, 5) is 48.9. The maximum absolute atomic E-state index is 13.6. The second kappa shape index (κ2) is 11.3. The second-order valence-electron chi connectivity index (χ2n) is 7.59. The topological polar surface area (TPSA) is 127 Å². The molecule has 2 heterocycles. The smallest absolute Gasteiger partial charge is 0.330 e. The summed E-state index contributed by atoms with van der Waals surface area (Å²) < 4.78 is 6.24. The lowest BCUT2D eigenvalue weighted by molar-refractivity contribution is 0.0984. The molecule has 0 saturated carbocycles. The van der Waals surface area contributed by atoms with Crippen LogP contribution in [-0.2, 0) is 17.8 Å². The van der Waals surface area contributed by atoms with Crippen LogP contribution in [0.1, 0.15) is 29.8 Å². The van der Waals surface area contributed by atoms with Gasteiger partial charge in [0.05, 0.1) is 25.3 Å². The zero-order chi connectivity index (χ0) is 24.7. The van der Waals surface area contributed by atoms with Gasteiger partial charge in [0.2, 0.25) is 0 Å². The molecular weight excluding hydrogens is 436 g/mol. The number of rotatable bonds is 10. The van der Waals surface area contributed by atoms with Crippen LogP contribution in [0.25, 0.3) is 0 Å². The molecule has 0 unspecified atom stereocenters. The van der Waals surface area contributed by atoms with E-state index < -0.39 is 17.2 Å². The minimum Gasteiger partial charge on any atom is -0.383 e. The molecule has 3 rings (SSSR count). The van der Waals surface area contributed by atoms with Crippen LogP contribution >= 0.6 is 0 Å². The molecule has 1 aromatic carbocycles. The summed E-state index contributed by atoms with van der Waals surface area (Å²) in [6, 6.07) is 12.7. The first-order valence-corrected chi connectivity index (χ1v) is 11.1. The van der Waals surface area contributed by atoms with Gasteiger partial charge in [-0.15, -0.1) is 0 Å². The maximum Gasteiger partial charge on any atom is 0.330 e. The lowest BCUT2D eigenvalue weighted by Crippen LogP contribution is -2.41. The summed E-state index contributed by atoms with van der Waals surface area (Å²) in [5.41, 5.74) is 5.84. The zero-order valence-electron chi connectivity index (χ0n) is 19.7. The fraction of sp³-hybridized carbons (Fsp3) is 0.333. The number of nitrogens with two attached hydrogens (primary N) is 1. The Hall–Kier alpha value is -3.92. The summed E-state index contributed by atoms with van der Waals surface area (Å²) in [5.74, 6) is 0.182. The monoisotopic (exact) mass is 466 g/mol. The van der Waals surface area contributed by atoms with Gasteiger partial charge in [0.1, 0.15) is 11.6 Å². The Labute approximate surface area is 197 Å². The Balaban J connectivity index is 2.09. The number of hydrogen-bond donors (Lipinski definition) is 2. The number of nitrogens with one attached hydrogen (secondary N) is 1. The number of nitrogens with zero attached hydrogens (tertiary/aromatic N) is 4. The third kappa shape index (κ3) is 5.34. The largest absolute Gasteiger partial charge is 0.383 e. The highest BCUT2D eigenvalue weighted by Gasteiger charge is 2.26. The number of nitrogen functional groups attached to an aromatic ring is 1. The van der Waals surface area contributed by atoms with Gasteiger partial charge in [0.15, 0.2) is 5.69 Å². The van der Waals surface area contributed by atoms with Crippen LogP contribution in [0.2, 0.25) is 0 Å². The number of H-pyrrole nitrogens is 1. The van der Waals surface area contributed by atoms with E-state index >= 15 is 0 Å². The SMILES string of the molecule is CCN(CC)c1ccc(C(=O)N(Cc2ccccc2)c2c(N)n(CCOC)c(=O)[nH]c2=O)cn1. The predicted molar refractivity (Wildman–Crippen MR) is 132 cm³/mol. The predicted octanol–water partition coefficient (Wildman–Crippen LogP) is 1.85. The van der Waals surface area contributed by atoms with Crippen molar-refractivity contribution in [1.82, 2.24) is 14.5 Å². The molecule has 0 fully saturated rings. The molecule has 10 nitrogen and oxygen atoms in total. The number of pyridine rings is 1. The second-order valence-corrected chi connectivity index (χ2v) is 7.59. The Morgan fingerprint density at radius 3 is 2.41 bits per heavy atom. The van der Waals surface area contributed by atoms with E-state index in [2.05, 4.69) is 14.9 Å². The number of amides is 1. The first-order chi connectivity index (χ1) is 16.4. The van der Waals surface area contributed by atoms with Crippen molar-refractivity contribution in [3.8, 4) is 0 Å². The molecule has 0 aliphatic heterocycles. The molecule has 1 amide bonds. The van der Waals surface area contributed by atoms with Gasteiger partial charge in [0.25, 0.3) is 11.5 Å². The van der Waals surface area contributed by atoms with Gasteiger partial charge >= 0.3 is 5.69 Å². The van der Waals surface area contributed by atoms with Crippen LogP contribution < -0.4 is 26.8 Å². The van der Waals surface area contributed by atoms with Crippen molar-refractivity contribution in [2.24, 2.45) is 0 Å². The number of carbonyl (C=O) groups excluding carboxylic acids is 1. The minimum atomic E-state index is -0.742. The van der Waals surface area contributed by atoms with E-state index in [9.17, 15) is 14.4 Å². The molecule has 180 valence electrons. The molecule has 0 spiro atoms. The normalized spacial score (nSPS) is 10.8. The quantitative estimate of drug-likeness (QED) is 0.467. The Morgan fingerprint density at radius 2 is 1.82 bits per heavy atom. The molecule has 2 aromatic heterocycles. The Kier molecular flexibility index (Phi) is 8.20. The maximum atomic E-state index is 13.6. The number of anilines is 3. The fourth-order valence-electron chi connectivity index (χ4n) is 3.66. The average molecular weight is 467 g/mol. The van der Waals surface area contributed by atoms with Gasteiger partial charge in [-0.05, 0) is 31.5 Å². The van der Waals surface area contributed by atoms with Crippen molar-refractivity contribution in [2.75, 3.05) is 42.3 Å². The molecule has 0 atom stereocenters. The van der Waals surface area contributed by atoms with Crippen LogP contribution in [0.5, 0.6) is 0 Å². The van der Waals surface area contributed by atoms with E-state index in [1.54, 1.807) is 12.1 Å². The van der Waals surface area contributed by atoms with Crippen molar-refractivity contribution >= 4 is 23.2 Å². The van der Waals surface area contributed by atoms with Crippen molar-refractivity contribution in [2.45, 2.75) is 26.9 Å². The van der Waals surface area contributed by atoms with E-state index in [1.165, 1.54) is 22.8 Å². The van der Waals surface area contributed by atoms with Gasteiger partial charge in [-0.1, -0.05) is 30.3 Å². The van der Waals surface area contributed by atoms with Gasteiger partial charge in [0, 0.05) is 26.4 Å². The van der Waals surface area contributed by atoms with Gasteiger partial charge in [-0.25, -0.2) is 9.78 Å². The van der Waals surface area contributed by atoms with E-state index in [0.29, 0.717) is 5.56 Å². The average Bonchev–Trinajstić information content (AvgIpc) is 2.84. The minimum absolute atomic E-state index is 0.0766. The fourth-order valence-corrected chi connectivity index (χ4v) is 3.66. The third-order valence-electron chi connectivity index (χ3n) is 5.51. The molecule has 34 heavy (non-hydrogen) atoms. The van der Waals surface area contributed by atoms with Crippen molar-refractivity contribution in [3.63, 3.8) is 0 Å². The molecule has 3 aromatic rings. The molecule has 0 aliphatic rings. The highest BCUT2D eigenvalue weighted by atomic mass is 16.5. The zero-order valence-corrected chi connectivity index (χ0v) is 19.7. The number of aromatic nitrogens is 3. The molecule has 0 radical (unpaired) electrons. The summed E-state index contributed by atoms with van der Waals surface area (Å²) >= 11 is 0. The van der Waals surface area contributed by atoms with Gasteiger partial charge < -0.3 is 15.4 Å². The summed E-state index contributed by atoms with van der Waals surface area (Å²) in [5, 5.41) is 0. The first kappa shape index (κ1) is 24.7. The summed E-state index contributed by atoms with van der Waals surface area (Å²) in [7, 11) is 1.49. The highest BCUT2D eigenvalue weighted by molar-refractivity contribution is 6.07. The Bertz CT molecular complexity index is 1220. The number of carbonyl (C=O) groups is 1. The first-order valence-electron chi connectivity index (χ1n) is 11.1. The lowest BCUT2D eigenvalue weighted by Gasteiger charge is -2.25. The standard InChI is InChI=1S/C24H30N6O4/c1-4-28(5-2)19-12-11-18(15-26-19)23(32)30(16-17-9-7-6-8-10-17)20-21(25)29(13-14-34-3)24(33)27-22(20)31/h6-12,15H,4-5,13-14,16,25H2,1-3H3,(H,27,31,33). The van der Waals surface area contributed by atoms with Crippen LogP contribution in [0.3, 0.4) is 0 Å². The van der Waals surface area contributed by atoms with Crippen LogP contribution in [0.4, 0.5) is 17.3 Å². The van der Waals surface area contributed by atoms with Crippen molar-refractivity contribution in [1.29, 1.82) is 0 Å². The van der Waals surface area contributed by atoms with Crippen molar-refractivity contribution < 1.29 is 9.53 Å². The summed E-state index contributed by atoms with van der Waals surface area (Å²) in [6.07, 6.45) is 1.49. The molecule has 0 saturated heterocycles. The molecule has 0 aliphatic carbocycles. The number of hydrogen-bond acceptors (Lipinski definition) is 7. The number of benzene rings is 1. The lowest BCUT2D eigenvalue weighted by atomic mass is 10.1. The third-order valence-corrected chi connectivity index (χ3v) is 5.51. The van der Waals surface area contributed by atoms with Crippen LogP contribution in [0, 0.1) is 0 Å². The number of ether oxygens (including phenoxy) is 1. The highest BCUT2D eigenvalue weighted by Crippen LogP contribution is 2.22. The molecule has 0 bridgehead atoms. The van der Waals surface area contributed by atoms with E-state index in [0.717, 1.165) is 24.5 Å². The molecule has 3 N–H and O–H groups in total. The Morgan fingerprint density at radius 1 is 1.12 bits per heavy atom. The van der Waals surface area contributed by atoms with Gasteiger partial charge in [-0.3, -0.25) is 24.0 Å². The van der Waals surface area contributed by atoms with E-state index in [-0.39, 0.29) is 31.2 Å². The van der Waals surface area contributed by atoms with Gasteiger partial charge in [-0.2, -0.15) is 0 Å². The summed E-state index contributed by atoms with van der Waals surface area (Å²) in [6.45, 7) is 6.03. The van der Waals surface area contributed by atoms with E-state index in [4.69, 9.17) is 10.5 Å². The van der Waals surface area contributed by atoms with E-state index in [1.807, 2.05) is 44.2 Å². The number of methoxy groups -OCH3 is 1. The van der Waals surface area contributed by atoms with Crippen molar-refractivity contribution in [3.05, 3.63) is 80.6 Å².